The minimum absolute atomic E-state index is 0.134. The second-order valence-corrected chi connectivity index (χ2v) is 6.48. The highest BCUT2D eigenvalue weighted by Gasteiger charge is 2.11. The molecule has 0 aliphatic carbocycles. The number of pyridine rings is 1. The molecule has 6 nitrogen and oxygen atoms in total. The number of carbonyl (C=O) groups is 1. The lowest BCUT2D eigenvalue weighted by Gasteiger charge is -2.13. The lowest BCUT2D eigenvalue weighted by atomic mass is 10.0. The van der Waals surface area contributed by atoms with E-state index in [1.54, 1.807) is 37.7 Å². The van der Waals surface area contributed by atoms with Crippen molar-refractivity contribution in [3.05, 3.63) is 71.8 Å². The van der Waals surface area contributed by atoms with E-state index in [0.29, 0.717) is 35.0 Å². The summed E-state index contributed by atoms with van der Waals surface area (Å²) in [7, 11) is 1.59. The predicted octanol–water partition coefficient (Wildman–Crippen LogP) is 4.50. The van der Waals surface area contributed by atoms with E-state index in [9.17, 15) is 9.18 Å². The largest absolute Gasteiger partial charge is 0.497 e. The van der Waals surface area contributed by atoms with Gasteiger partial charge in [0.1, 0.15) is 29.7 Å². The zero-order valence-electron chi connectivity index (χ0n) is 16.7. The highest BCUT2D eigenvalue weighted by atomic mass is 19.1. The number of hydrogen-bond acceptors (Lipinski definition) is 5. The topological polar surface area (TPSA) is 77.9 Å². The van der Waals surface area contributed by atoms with Gasteiger partial charge in [-0.05, 0) is 42.3 Å². The Morgan fingerprint density at radius 2 is 1.80 bits per heavy atom. The molecule has 0 aliphatic rings. The van der Waals surface area contributed by atoms with E-state index >= 15 is 0 Å². The lowest BCUT2D eigenvalue weighted by molar-refractivity contribution is -0.136. The Hall–Kier alpha value is -3.61. The van der Waals surface area contributed by atoms with Crippen molar-refractivity contribution in [2.75, 3.05) is 13.7 Å². The number of methoxy groups -OCH3 is 1. The second kappa shape index (κ2) is 9.73. The Bertz CT molecular complexity index is 1040. The van der Waals surface area contributed by atoms with Gasteiger partial charge in [-0.2, -0.15) is 0 Å². The quantitative estimate of drug-likeness (QED) is 0.559. The SMILES string of the molecule is CCOc1cc(OC)ccc1COc1cncc(-c2ccc(CC(=O)O)c(F)c2)c1. The molecule has 1 aromatic heterocycles. The van der Waals surface area contributed by atoms with Crippen molar-refractivity contribution in [3.63, 3.8) is 0 Å². The van der Waals surface area contributed by atoms with Gasteiger partial charge in [-0.1, -0.05) is 12.1 Å². The van der Waals surface area contributed by atoms with Crippen LogP contribution in [-0.2, 0) is 17.8 Å². The number of aliphatic carboxylic acids is 1. The van der Waals surface area contributed by atoms with Crippen LogP contribution in [0.4, 0.5) is 4.39 Å². The van der Waals surface area contributed by atoms with Crippen LogP contribution >= 0.6 is 0 Å². The molecule has 0 saturated carbocycles. The van der Waals surface area contributed by atoms with Crippen LogP contribution in [0.5, 0.6) is 17.2 Å². The summed E-state index contributed by atoms with van der Waals surface area (Å²) < 4.78 is 31.0. The molecular weight excluding hydrogens is 389 g/mol. The zero-order valence-corrected chi connectivity index (χ0v) is 16.7. The number of aromatic nitrogens is 1. The van der Waals surface area contributed by atoms with Gasteiger partial charge in [-0.3, -0.25) is 9.78 Å². The average Bonchev–Trinajstić information content (AvgIpc) is 2.74. The Balaban J connectivity index is 1.77. The van der Waals surface area contributed by atoms with Gasteiger partial charge in [-0.25, -0.2) is 4.39 Å². The van der Waals surface area contributed by atoms with E-state index in [4.69, 9.17) is 19.3 Å². The normalized spacial score (nSPS) is 10.5. The Kier molecular flexibility index (Phi) is 6.85. The first-order chi connectivity index (χ1) is 14.5. The molecule has 0 bridgehead atoms. The molecule has 3 rings (SSSR count). The molecule has 0 fully saturated rings. The number of ether oxygens (including phenoxy) is 3. The lowest BCUT2D eigenvalue weighted by Crippen LogP contribution is -2.03. The molecule has 0 radical (unpaired) electrons. The summed E-state index contributed by atoms with van der Waals surface area (Å²) in [6, 6.07) is 11.7. The number of benzene rings is 2. The standard InChI is InChI=1S/C23H22FNO5/c1-3-29-22-11-19(28-2)7-6-17(22)14-30-20-8-18(12-25-13-20)15-4-5-16(10-23(26)27)21(24)9-15/h4-9,11-13H,3,10,14H2,1-2H3,(H,26,27). The van der Waals surface area contributed by atoms with Crippen LogP contribution in [0.2, 0.25) is 0 Å². The Morgan fingerprint density at radius 1 is 1.00 bits per heavy atom. The van der Waals surface area contributed by atoms with Crippen LogP contribution in [0.15, 0.2) is 54.9 Å². The van der Waals surface area contributed by atoms with Gasteiger partial charge in [-0.15, -0.1) is 0 Å². The molecule has 0 atom stereocenters. The predicted molar refractivity (Wildman–Crippen MR) is 109 cm³/mol. The average molecular weight is 411 g/mol. The molecule has 0 unspecified atom stereocenters. The first-order valence-electron chi connectivity index (χ1n) is 9.38. The fraction of sp³-hybridized carbons (Fsp3) is 0.217. The van der Waals surface area contributed by atoms with Crippen LogP contribution in [0.3, 0.4) is 0 Å². The minimum atomic E-state index is -1.08. The highest BCUT2D eigenvalue weighted by molar-refractivity contribution is 5.71. The van der Waals surface area contributed by atoms with Crippen molar-refractivity contribution in [3.8, 4) is 28.4 Å². The van der Waals surface area contributed by atoms with Crippen LogP contribution in [0.25, 0.3) is 11.1 Å². The van der Waals surface area contributed by atoms with Crippen molar-refractivity contribution >= 4 is 5.97 Å². The molecule has 0 saturated heterocycles. The summed E-state index contributed by atoms with van der Waals surface area (Å²) in [6.45, 7) is 2.68. The number of carboxylic acids is 1. The van der Waals surface area contributed by atoms with Crippen LogP contribution in [0, 0.1) is 5.82 Å². The first kappa shape index (κ1) is 21.1. The van der Waals surface area contributed by atoms with E-state index in [0.717, 1.165) is 5.56 Å². The molecule has 3 aromatic rings. The van der Waals surface area contributed by atoms with Crippen molar-refractivity contribution in [1.29, 1.82) is 0 Å². The van der Waals surface area contributed by atoms with Crippen molar-refractivity contribution in [2.24, 2.45) is 0 Å². The van der Waals surface area contributed by atoms with Crippen LogP contribution in [0.1, 0.15) is 18.1 Å². The maximum atomic E-state index is 14.2. The minimum Gasteiger partial charge on any atom is -0.497 e. The monoisotopic (exact) mass is 411 g/mol. The molecular formula is C23H22FNO5. The summed E-state index contributed by atoms with van der Waals surface area (Å²) in [5, 5.41) is 8.84. The van der Waals surface area contributed by atoms with Crippen molar-refractivity contribution in [2.45, 2.75) is 20.0 Å². The van der Waals surface area contributed by atoms with E-state index in [2.05, 4.69) is 4.98 Å². The summed E-state index contributed by atoms with van der Waals surface area (Å²) >= 11 is 0. The fourth-order valence-corrected chi connectivity index (χ4v) is 2.92. The summed E-state index contributed by atoms with van der Waals surface area (Å²) in [5.41, 5.74) is 2.23. The number of rotatable bonds is 9. The van der Waals surface area contributed by atoms with Gasteiger partial charge in [0.2, 0.25) is 0 Å². The second-order valence-electron chi connectivity index (χ2n) is 6.48. The molecule has 2 aromatic carbocycles. The van der Waals surface area contributed by atoms with Gasteiger partial charge in [0.15, 0.2) is 0 Å². The number of carboxylic acid groups (broad SMARTS) is 1. The first-order valence-corrected chi connectivity index (χ1v) is 9.38. The summed E-state index contributed by atoms with van der Waals surface area (Å²) in [4.78, 5) is 15.0. The highest BCUT2D eigenvalue weighted by Crippen LogP contribution is 2.28. The van der Waals surface area contributed by atoms with Crippen LogP contribution in [-0.4, -0.2) is 29.8 Å². The summed E-state index contributed by atoms with van der Waals surface area (Å²) in [6.07, 6.45) is 2.80. The maximum Gasteiger partial charge on any atom is 0.307 e. The molecule has 0 spiro atoms. The summed E-state index contributed by atoms with van der Waals surface area (Å²) in [5.74, 6) is 0.238. The van der Waals surface area contributed by atoms with E-state index < -0.39 is 11.8 Å². The Morgan fingerprint density at radius 3 is 2.50 bits per heavy atom. The third-order valence-corrected chi connectivity index (χ3v) is 4.41. The van der Waals surface area contributed by atoms with Gasteiger partial charge in [0.25, 0.3) is 0 Å². The third-order valence-electron chi connectivity index (χ3n) is 4.41. The Labute approximate surface area is 173 Å². The van der Waals surface area contributed by atoms with Crippen molar-refractivity contribution in [1.82, 2.24) is 4.98 Å². The third kappa shape index (κ3) is 5.26. The molecule has 7 heteroatoms. The smallest absolute Gasteiger partial charge is 0.307 e. The van der Waals surface area contributed by atoms with E-state index in [1.165, 1.54) is 12.1 Å². The van der Waals surface area contributed by atoms with E-state index in [1.807, 2.05) is 19.1 Å². The molecule has 0 aliphatic heterocycles. The van der Waals surface area contributed by atoms with Gasteiger partial charge >= 0.3 is 5.97 Å². The van der Waals surface area contributed by atoms with Gasteiger partial charge < -0.3 is 19.3 Å². The van der Waals surface area contributed by atoms with Crippen LogP contribution < -0.4 is 14.2 Å². The number of hydrogen-bond donors (Lipinski definition) is 1. The zero-order chi connectivity index (χ0) is 21.5. The van der Waals surface area contributed by atoms with Gasteiger partial charge in [0.05, 0.1) is 26.3 Å². The molecule has 156 valence electrons. The van der Waals surface area contributed by atoms with Crippen molar-refractivity contribution < 1.29 is 28.5 Å². The molecule has 1 N–H and O–H groups in total. The molecule has 30 heavy (non-hydrogen) atoms. The van der Waals surface area contributed by atoms with E-state index in [-0.39, 0.29) is 18.6 Å². The number of nitrogens with zero attached hydrogens (tertiary/aromatic N) is 1. The fourth-order valence-electron chi connectivity index (χ4n) is 2.92. The maximum absolute atomic E-state index is 14.2. The molecule has 1 heterocycles. The van der Waals surface area contributed by atoms with Gasteiger partial charge in [0, 0.05) is 23.4 Å². The molecule has 0 amide bonds. The number of halogens is 1.